The molecule has 118 valence electrons. The zero-order valence-electron chi connectivity index (χ0n) is 12.4. The number of carbonyl (C=O) groups is 2. The Morgan fingerprint density at radius 3 is 2.61 bits per heavy atom. The maximum Gasteiger partial charge on any atom is 0.360 e. The Morgan fingerprint density at radius 1 is 1.22 bits per heavy atom. The predicted molar refractivity (Wildman–Crippen MR) is 83.0 cm³/mol. The number of carboxylic acids is 1. The van der Waals surface area contributed by atoms with E-state index in [9.17, 15) is 9.59 Å². The van der Waals surface area contributed by atoms with Crippen LogP contribution in [0.1, 0.15) is 21.6 Å². The molecule has 0 unspecified atom stereocenters. The summed E-state index contributed by atoms with van der Waals surface area (Å²) in [7, 11) is 1.24. The van der Waals surface area contributed by atoms with Crippen molar-refractivity contribution in [3.05, 3.63) is 65.5 Å². The van der Waals surface area contributed by atoms with Gasteiger partial charge in [0, 0.05) is 17.8 Å². The average molecular weight is 313 g/mol. The van der Waals surface area contributed by atoms with Crippen molar-refractivity contribution < 1.29 is 24.2 Å². The van der Waals surface area contributed by atoms with E-state index in [-0.39, 0.29) is 18.1 Å². The number of methoxy groups -OCH3 is 1. The number of esters is 1. The van der Waals surface area contributed by atoms with Crippen LogP contribution < -0.4 is 4.74 Å². The lowest BCUT2D eigenvalue weighted by Gasteiger charge is -2.12. The maximum atomic E-state index is 11.8. The molecule has 0 amide bonds. The number of nitrogens with zero attached hydrogens (tertiary/aromatic N) is 1. The Balaban J connectivity index is 2.35. The van der Waals surface area contributed by atoms with Gasteiger partial charge in [0.15, 0.2) is 11.4 Å². The predicted octanol–water partition coefficient (Wildman–Crippen LogP) is 2.55. The van der Waals surface area contributed by atoms with Crippen molar-refractivity contribution in [2.75, 3.05) is 7.11 Å². The summed E-state index contributed by atoms with van der Waals surface area (Å²) in [4.78, 5) is 26.5. The van der Waals surface area contributed by atoms with Gasteiger partial charge in [-0.2, -0.15) is 0 Å². The fourth-order valence-electron chi connectivity index (χ4n) is 1.88. The monoisotopic (exact) mass is 313 g/mol. The van der Waals surface area contributed by atoms with Crippen LogP contribution in [0.5, 0.6) is 5.75 Å². The Kier molecular flexibility index (Phi) is 5.46. The van der Waals surface area contributed by atoms with Crippen molar-refractivity contribution in [1.82, 2.24) is 4.98 Å². The first kappa shape index (κ1) is 16.2. The number of benzene rings is 1. The minimum absolute atomic E-state index is 0.00373. The molecular formula is C17H15NO5. The molecular weight excluding hydrogens is 298 g/mol. The number of pyridine rings is 1. The number of rotatable bonds is 6. The molecule has 2 aromatic rings. The highest BCUT2D eigenvalue weighted by atomic mass is 16.5. The molecule has 23 heavy (non-hydrogen) atoms. The van der Waals surface area contributed by atoms with E-state index in [0.29, 0.717) is 5.56 Å². The van der Waals surface area contributed by atoms with Crippen LogP contribution in [0.25, 0.3) is 6.08 Å². The minimum Gasteiger partial charge on any atom is -0.486 e. The first-order chi connectivity index (χ1) is 11.1. The second-order valence-corrected chi connectivity index (χ2v) is 4.52. The topological polar surface area (TPSA) is 85.7 Å². The van der Waals surface area contributed by atoms with E-state index >= 15 is 0 Å². The van der Waals surface area contributed by atoms with E-state index < -0.39 is 11.9 Å². The highest BCUT2D eigenvalue weighted by Crippen LogP contribution is 2.25. The van der Waals surface area contributed by atoms with Crippen molar-refractivity contribution in [3.63, 3.8) is 0 Å². The summed E-state index contributed by atoms with van der Waals surface area (Å²) < 4.78 is 10.4. The third-order valence-corrected chi connectivity index (χ3v) is 2.95. The lowest BCUT2D eigenvalue weighted by molar-refractivity contribution is -0.131. The van der Waals surface area contributed by atoms with E-state index in [1.807, 2.05) is 30.3 Å². The molecule has 0 aliphatic carbocycles. The SMILES string of the molecule is COC(=O)c1nccc(/C=C/C(=O)O)c1OCc1ccccc1. The molecule has 2 rings (SSSR count). The molecule has 1 N–H and O–H groups in total. The zero-order chi connectivity index (χ0) is 16.7. The number of carboxylic acid groups (broad SMARTS) is 1. The van der Waals surface area contributed by atoms with Gasteiger partial charge in [0.2, 0.25) is 0 Å². The van der Waals surface area contributed by atoms with Gasteiger partial charge in [-0.05, 0) is 17.7 Å². The molecule has 1 aromatic carbocycles. The number of ether oxygens (including phenoxy) is 2. The van der Waals surface area contributed by atoms with E-state index in [1.54, 1.807) is 6.07 Å². The van der Waals surface area contributed by atoms with Gasteiger partial charge >= 0.3 is 11.9 Å². The molecule has 0 atom stereocenters. The van der Waals surface area contributed by atoms with Gasteiger partial charge in [-0.3, -0.25) is 0 Å². The molecule has 0 saturated carbocycles. The summed E-state index contributed by atoms with van der Waals surface area (Å²) in [5.74, 6) is -1.57. The van der Waals surface area contributed by atoms with E-state index in [4.69, 9.17) is 9.84 Å². The molecule has 0 radical (unpaired) electrons. The van der Waals surface area contributed by atoms with Crippen molar-refractivity contribution in [2.45, 2.75) is 6.61 Å². The van der Waals surface area contributed by atoms with Gasteiger partial charge in [0.25, 0.3) is 0 Å². The average Bonchev–Trinajstić information content (AvgIpc) is 2.58. The fourth-order valence-corrected chi connectivity index (χ4v) is 1.88. The molecule has 0 aliphatic heterocycles. The number of hydrogen-bond donors (Lipinski definition) is 1. The van der Waals surface area contributed by atoms with Crippen molar-refractivity contribution in [2.24, 2.45) is 0 Å². The molecule has 0 bridgehead atoms. The van der Waals surface area contributed by atoms with Crippen molar-refractivity contribution in [1.29, 1.82) is 0 Å². The fraction of sp³-hybridized carbons (Fsp3) is 0.118. The highest BCUT2D eigenvalue weighted by molar-refractivity contribution is 5.93. The normalized spacial score (nSPS) is 10.5. The van der Waals surface area contributed by atoms with Gasteiger partial charge in [0.1, 0.15) is 6.61 Å². The van der Waals surface area contributed by atoms with Gasteiger partial charge in [-0.1, -0.05) is 30.3 Å². The number of aliphatic carboxylic acids is 1. The maximum absolute atomic E-state index is 11.8. The van der Waals surface area contributed by atoms with Crippen LogP contribution in [0.4, 0.5) is 0 Å². The van der Waals surface area contributed by atoms with Crippen LogP contribution in [0.15, 0.2) is 48.7 Å². The third kappa shape index (κ3) is 4.41. The Bertz CT molecular complexity index is 725. The molecule has 1 aromatic heterocycles. The first-order valence-corrected chi connectivity index (χ1v) is 6.77. The van der Waals surface area contributed by atoms with Crippen LogP contribution in [0.2, 0.25) is 0 Å². The third-order valence-electron chi connectivity index (χ3n) is 2.95. The quantitative estimate of drug-likeness (QED) is 0.651. The van der Waals surface area contributed by atoms with Gasteiger partial charge < -0.3 is 14.6 Å². The lowest BCUT2D eigenvalue weighted by atomic mass is 10.1. The van der Waals surface area contributed by atoms with Gasteiger partial charge in [-0.15, -0.1) is 0 Å². The smallest absolute Gasteiger partial charge is 0.360 e. The number of aromatic nitrogens is 1. The van der Waals surface area contributed by atoms with Crippen LogP contribution in [-0.4, -0.2) is 29.1 Å². The Hall–Kier alpha value is -3.15. The van der Waals surface area contributed by atoms with Gasteiger partial charge in [-0.25, -0.2) is 14.6 Å². The number of hydrogen-bond acceptors (Lipinski definition) is 5. The summed E-state index contributed by atoms with van der Waals surface area (Å²) in [6.07, 6.45) is 3.70. The Labute approximate surface area is 133 Å². The molecule has 0 saturated heterocycles. The second-order valence-electron chi connectivity index (χ2n) is 4.52. The van der Waals surface area contributed by atoms with Gasteiger partial charge in [0.05, 0.1) is 7.11 Å². The summed E-state index contributed by atoms with van der Waals surface area (Å²) in [5, 5.41) is 8.76. The van der Waals surface area contributed by atoms with E-state index in [0.717, 1.165) is 11.6 Å². The van der Waals surface area contributed by atoms with Crippen molar-refractivity contribution in [3.8, 4) is 5.75 Å². The van der Waals surface area contributed by atoms with Crippen LogP contribution in [0, 0.1) is 0 Å². The molecule has 0 fully saturated rings. The summed E-state index contributed by atoms with van der Waals surface area (Å²) >= 11 is 0. The molecule has 0 aliphatic rings. The largest absolute Gasteiger partial charge is 0.486 e. The Morgan fingerprint density at radius 2 is 1.96 bits per heavy atom. The molecule has 6 nitrogen and oxygen atoms in total. The van der Waals surface area contributed by atoms with Crippen LogP contribution in [-0.2, 0) is 16.1 Å². The minimum atomic E-state index is -1.10. The van der Waals surface area contributed by atoms with Crippen molar-refractivity contribution >= 4 is 18.0 Å². The van der Waals surface area contributed by atoms with Crippen LogP contribution >= 0.6 is 0 Å². The zero-order valence-corrected chi connectivity index (χ0v) is 12.4. The second kappa shape index (κ2) is 7.74. The first-order valence-electron chi connectivity index (χ1n) is 6.77. The number of carbonyl (C=O) groups excluding carboxylic acids is 1. The highest BCUT2D eigenvalue weighted by Gasteiger charge is 2.18. The molecule has 1 heterocycles. The summed E-state index contributed by atoms with van der Waals surface area (Å²) in [5.41, 5.74) is 1.33. The summed E-state index contributed by atoms with van der Waals surface area (Å²) in [6.45, 7) is 0.213. The van der Waals surface area contributed by atoms with E-state index in [1.165, 1.54) is 19.4 Å². The van der Waals surface area contributed by atoms with Crippen LogP contribution in [0.3, 0.4) is 0 Å². The summed E-state index contributed by atoms with van der Waals surface area (Å²) in [6, 6.07) is 10.9. The molecule has 0 spiro atoms. The van der Waals surface area contributed by atoms with E-state index in [2.05, 4.69) is 9.72 Å². The standard InChI is InChI=1S/C17H15NO5/c1-22-17(21)15-16(23-11-12-5-3-2-4-6-12)13(9-10-18-15)7-8-14(19)20/h2-10H,11H2,1H3,(H,19,20)/b8-7+. The lowest BCUT2D eigenvalue weighted by Crippen LogP contribution is -2.09. The molecule has 6 heteroatoms.